The molecule has 0 aromatic heterocycles. The van der Waals surface area contributed by atoms with Crippen LogP contribution >= 0.6 is 0 Å². The van der Waals surface area contributed by atoms with Crippen LogP contribution in [0.15, 0.2) is 24.3 Å². The van der Waals surface area contributed by atoms with Gasteiger partial charge in [-0.05, 0) is 29.4 Å². The van der Waals surface area contributed by atoms with Gasteiger partial charge in [-0.3, -0.25) is 4.79 Å². The van der Waals surface area contributed by atoms with E-state index in [9.17, 15) is 4.79 Å². The quantitative estimate of drug-likeness (QED) is 0.844. The highest BCUT2D eigenvalue weighted by atomic mass is 16.4. The molecule has 1 N–H and O–H groups in total. The van der Waals surface area contributed by atoms with E-state index in [4.69, 9.17) is 5.11 Å². The summed E-state index contributed by atoms with van der Waals surface area (Å²) in [5.74, 6) is -0.716. The maximum atomic E-state index is 10.4. The number of carboxylic acids is 1. The van der Waals surface area contributed by atoms with Crippen LogP contribution in [0.1, 0.15) is 44.7 Å². The maximum absolute atomic E-state index is 10.4. The minimum absolute atomic E-state index is 0.180. The van der Waals surface area contributed by atoms with E-state index in [1.165, 1.54) is 11.1 Å². The summed E-state index contributed by atoms with van der Waals surface area (Å²) in [7, 11) is 0. The third-order valence-corrected chi connectivity index (χ3v) is 2.68. The highest BCUT2D eigenvalue weighted by Crippen LogP contribution is 2.22. The minimum atomic E-state index is -0.716. The molecule has 0 amide bonds. The van der Waals surface area contributed by atoms with E-state index in [-0.39, 0.29) is 11.8 Å². The summed E-state index contributed by atoms with van der Waals surface area (Å²) in [6.45, 7) is 6.56. The van der Waals surface area contributed by atoms with Gasteiger partial charge in [0, 0.05) is 6.42 Å². The Morgan fingerprint density at radius 2 is 1.75 bits per heavy atom. The van der Waals surface area contributed by atoms with Gasteiger partial charge in [0.2, 0.25) is 0 Å². The van der Waals surface area contributed by atoms with Crippen molar-refractivity contribution in [3.8, 4) is 0 Å². The van der Waals surface area contributed by atoms with Gasteiger partial charge >= 0.3 is 5.97 Å². The first-order chi connectivity index (χ1) is 7.39. The molecule has 0 bridgehead atoms. The zero-order chi connectivity index (χ0) is 12.2. The van der Waals surface area contributed by atoms with Crippen molar-refractivity contribution in [1.82, 2.24) is 0 Å². The minimum Gasteiger partial charge on any atom is -0.481 e. The van der Waals surface area contributed by atoms with Crippen molar-refractivity contribution in [2.45, 2.75) is 45.4 Å². The first-order valence-corrected chi connectivity index (χ1v) is 5.71. The zero-order valence-corrected chi connectivity index (χ0v) is 10.3. The van der Waals surface area contributed by atoms with E-state index in [0.717, 1.165) is 6.42 Å². The van der Waals surface area contributed by atoms with Gasteiger partial charge in [-0.2, -0.15) is 0 Å². The molecule has 2 heteroatoms. The normalized spacial score (nSPS) is 11.4. The number of carbonyl (C=O) groups is 1. The lowest BCUT2D eigenvalue weighted by atomic mass is 9.86. The highest BCUT2D eigenvalue weighted by molar-refractivity contribution is 5.66. The largest absolute Gasteiger partial charge is 0.481 e. The molecule has 0 aliphatic rings. The van der Waals surface area contributed by atoms with E-state index in [0.29, 0.717) is 6.42 Å². The Kier molecular flexibility index (Phi) is 4.11. The Balaban J connectivity index is 2.55. The van der Waals surface area contributed by atoms with Crippen molar-refractivity contribution < 1.29 is 9.90 Å². The van der Waals surface area contributed by atoms with Crippen molar-refractivity contribution in [2.75, 3.05) is 0 Å². The smallest absolute Gasteiger partial charge is 0.303 e. The van der Waals surface area contributed by atoms with E-state index in [1.807, 2.05) is 0 Å². The maximum Gasteiger partial charge on any atom is 0.303 e. The van der Waals surface area contributed by atoms with Gasteiger partial charge in [0.25, 0.3) is 0 Å². The topological polar surface area (TPSA) is 37.3 Å². The first kappa shape index (κ1) is 12.8. The van der Waals surface area contributed by atoms with Gasteiger partial charge in [0.1, 0.15) is 0 Å². The average molecular weight is 220 g/mol. The van der Waals surface area contributed by atoms with Crippen molar-refractivity contribution >= 4 is 5.97 Å². The van der Waals surface area contributed by atoms with Gasteiger partial charge in [0.05, 0.1) is 0 Å². The van der Waals surface area contributed by atoms with Crippen molar-refractivity contribution in [1.29, 1.82) is 0 Å². The molecule has 88 valence electrons. The van der Waals surface area contributed by atoms with Crippen LogP contribution in [0.25, 0.3) is 0 Å². The third-order valence-electron chi connectivity index (χ3n) is 2.68. The summed E-state index contributed by atoms with van der Waals surface area (Å²) in [5, 5.41) is 8.54. The fourth-order valence-corrected chi connectivity index (χ4v) is 1.62. The Morgan fingerprint density at radius 3 is 2.19 bits per heavy atom. The van der Waals surface area contributed by atoms with Crippen LogP contribution < -0.4 is 0 Å². The molecule has 0 fully saturated rings. The second-order valence-electron chi connectivity index (χ2n) is 5.19. The molecule has 0 saturated heterocycles. The molecule has 0 heterocycles. The van der Waals surface area contributed by atoms with E-state index in [2.05, 4.69) is 45.0 Å². The fourth-order valence-electron chi connectivity index (χ4n) is 1.62. The van der Waals surface area contributed by atoms with Gasteiger partial charge in [0.15, 0.2) is 0 Å². The molecule has 0 atom stereocenters. The fraction of sp³-hybridized carbons (Fsp3) is 0.500. The molecule has 0 spiro atoms. The Labute approximate surface area is 97.3 Å². The van der Waals surface area contributed by atoms with Gasteiger partial charge < -0.3 is 5.11 Å². The number of benzene rings is 1. The molecule has 0 radical (unpaired) electrons. The predicted octanol–water partition coefficient (Wildman–Crippen LogP) is 3.39. The molecule has 1 aromatic carbocycles. The second-order valence-corrected chi connectivity index (χ2v) is 5.19. The molecule has 0 aliphatic heterocycles. The number of carboxylic acid groups (broad SMARTS) is 1. The summed E-state index contributed by atoms with van der Waals surface area (Å²) < 4.78 is 0. The second kappa shape index (κ2) is 5.15. The summed E-state index contributed by atoms with van der Waals surface area (Å²) in [4.78, 5) is 10.4. The molecule has 2 nitrogen and oxygen atoms in total. The van der Waals surface area contributed by atoms with Crippen LogP contribution in [0.3, 0.4) is 0 Å². The lowest BCUT2D eigenvalue weighted by Gasteiger charge is -2.19. The van der Waals surface area contributed by atoms with Crippen LogP contribution in [0, 0.1) is 0 Å². The summed E-state index contributed by atoms with van der Waals surface area (Å²) in [5.41, 5.74) is 2.71. The molecule has 0 saturated carbocycles. The summed E-state index contributed by atoms with van der Waals surface area (Å²) >= 11 is 0. The lowest BCUT2D eigenvalue weighted by Crippen LogP contribution is -2.10. The molecule has 16 heavy (non-hydrogen) atoms. The lowest BCUT2D eigenvalue weighted by molar-refractivity contribution is -0.137. The highest BCUT2D eigenvalue weighted by Gasteiger charge is 2.12. The van der Waals surface area contributed by atoms with Gasteiger partial charge in [-0.1, -0.05) is 45.0 Å². The van der Waals surface area contributed by atoms with Crippen molar-refractivity contribution in [2.24, 2.45) is 0 Å². The van der Waals surface area contributed by atoms with Crippen LogP contribution in [0.4, 0.5) is 0 Å². The van der Waals surface area contributed by atoms with E-state index in [1.54, 1.807) is 0 Å². The monoisotopic (exact) mass is 220 g/mol. The summed E-state index contributed by atoms with van der Waals surface area (Å²) in [6.07, 6.45) is 1.81. The Morgan fingerprint density at radius 1 is 1.19 bits per heavy atom. The molecule has 1 rings (SSSR count). The van der Waals surface area contributed by atoms with Gasteiger partial charge in [-0.15, -0.1) is 0 Å². The van der Waals surface area contributed by atoms with Crippen LogP contribution in [0.2, 0.25) is 0 Å². The average Bonchev–Trinajstić information content (AvgIpc) is 2.16. The van der Waals surface area contributed by atoms with Crippen molar-refractivity contribution in [3.63, 3.8) is 0 Å². The molecule has 0 aliphatic carbocycles. The molecular formula is C14H20O2. The predicted molar refractivity (Wildman–Crippen MR) is 65.7 cm³/mol. The Hall–Kier alpha value is -1.31. The van der Waals surface area contributed by atoms with E-state index < -0.39 is 5.97 Å². The molecule has 0 unspecified atom stereocenters. The number of aliphatic carboxylic acids is 1. The SMILES string of the molecule is CC(C)(C)c1ccc(CCCC(=O)O)cc1. The number of hydrogen-bond acceptors (Lipinski definition) is 1. The molecular weight excluding hydrogens is 200 g/mol. The first-order valence-electron chi connectivity index (χ1n) is 5.71. The van der Waals surface area contributed by atoms with Crippen LogP contribution in [-0.2, 0) is 16.6 Å². The number of aryl methyl sites for hydroxylation is 1. The van der Waals surface area contributed by atoms with E-state index >= 15 is 0 Å². The standard InChI is InChI=1S/C14H20O2/c1-14(2,3)12-9-7-11(8-10-12)5-4-6-13(15)16/h7-10H,4-6H2,1-3H3,(H,15,16). The number of hydrogen-bond donors (Lipinski definition) is 1. The van der Waals surface area contributed by atoms with Gasteiger partial charge in [-0.25, -0.2) is 0 Å². The third kappa shape index (κ3) is 4.05. The van der Waals surface area contributed by atoms with Crippen LogP contribution in [0.5, 0.6) is 0 Å². The van der Waals surface area contributed by atoms with Crippen molar-refractivity contribution in [3.05, 3.63) is 35.4 Å². The molecule has 1 aromatic rings. The zero-order valence-electron chi connectivity index (χ0n) is 10.3. The number of rotatable bonds is 4. The van der Waals surface area contributed by atoms with Crippen LogP contribution in [-0.4, -0.2) is 11.1 Å². The summed E-state index contributed by atoms with van der Waals surface area (Å²) in [6, 6.07) is 8.47. The Bertz CT molecular complexity index is 344.